The molecule has 13 atom stereocenters. The fourth-order valence-corrected chi connectivity index (χ4v) is 11.6. The van der Waals surface area contributed by atoms with Crippen molar-refractivity contribution in [1.82, 2.24) is 55.7 Å². The van der Waals surface area contributed by atoms with Crippen LogP contribution in [0.25, 0.3) is 0 Å². The van der Waals surface area contributed by atoms with Crippen molar-refractivity contribution in [2.24, 2.45) is 47.3 Å². The van der Waals surface area contributed by atoms with Gasteiger partial charge in [-0.05, 0) is 112 Å². The molecule has 2 unspecified atom stereocenters. The molecule has 1 aromatic rings. The van der Waals surface area contributed by atoms with Gasteiger partial charge >= 0.3 is 5.97 Å². The first-order valence-electron chi connectivity index (χ1n) is 33.5. The van der Waals surface area contributed by atoms with Crippen molar-refractivity contribution in [2.45, 2.75) is 229 Å². The monoisotopic (exact) mass is 1330 g/mol. The molecule has 26 nitrogen and oxygen atoms in total. The number of aliphatic hydroxyl groups is 2. The molecule has 94 heavy (non-hydrogen) atoms. The number of aliphatic hydroxyl groups excluding tert-OH is 2. The number of likely N-dealkylation sites (N-methyl/N-ethyl adjacent to an activating group) is 6. The van der Waals surface area contributed by atoms with Gasteiger partial charge in [0.15, 0.2) is 6.10 Å². The highest BCUT2D eigenvalue weighted by Gasteiger charge is 2.46. The zero-order valence-corrected chi connectivity index (χ0v) is 60.9. The fourth-order valence-electron chi connectivity index (χ4n) is 11.6. The molecule has 1 aromatic heterocycles. The summed E-state index contributed by atoms with van der Waals surface area (Å²) in [5.74, 6) is -11.2. The van der Waals surface area contributed by atoms with Crippen LogP contribution >= 0.6 is 0 Å². The summed E-state index contributed by atoms with van der Waals surface area (Å²) in [5.41, 5.74) is 0. The average Bonchev–Trinajstić information content (AvgIpc) is 0.822. The molecule has 0 aliphatic carbocycles. The first-order chi connectivity index (χ1) is 43.5. The Labute approximate surface area is 560 Å². The maximum atomic E-state index is 15.4. The molecule has 2 rings (SSSR count). The number of cyclic esters (lactones) is 1. The number of nitrogens with one attached hydrogen (secondary N) is 4. The van der Waals surface area contributed by atoms with E-state index in [0.717, 1.165) is 14.7 Å². The third kappa shape index (κ3) is 24.0. The summed E-state index contributed by atoms with van der Waals surface area (Å²) in [6.45, 7) is 29.0. The number of esters is 1. The minimum atomic E-state index is -1.79. The summed E-state index contributed by atoms with van der Waals surface area (Å²) in [6.07, 6.45) is -2.39. The number of ether oxygens (including phenoxy) is 1. The van der Waals surface area contributed by atoms with Gasteiger partial charge in [0.25, 0.3) is 5.91 Å². The van der Waals surface area contributed by atoms with Crippen LogP contribution < -0.4 is 26.2 Å². The largest absolute Gasteiger partial charge is 0.450 e. The summed E-state index contributed by atoms with van der Waals surface area (Å²) in [5, 5.41) is 34.8. The predicted molar refractivity (Wildman–Crippen MR) is 360 cm³/mol. The van der Waals surface area contributed by atoms with E-state index >= 15 is 14.4 Å². The molecule has 0 radical (unpaired) electrons. The number of rotatable bonds is 19. The molecule has 1 aliphatic rings. The maximum absolute atomic E-state index is 15.4. The van der Waals surface area contributed by atoms with E-state index in [2.05, 4.69) is 26.3 Å². The number of nitrogens with zero attached hydrogens (tertiary/aromatic N) is 8. The van der Waals surface area contributed by atoms with Gasteiger partial charge in [-0.2, -0.15) is 0 Å². The Morgan fingerprint density at radius 2 is 0.957 bits per heavy atom. The summed E-state index contributed by atoms with van der Waals surface area (Å²) in [7, 11) is 9.93. The smallest absolute Gasteiger partial charge is 0.329 e. The highest BCUT2D eigenvalue weighted by molar-refractivity contribution is 5.99. The van der Waals surface area contributed by atoms with Gasteiger partial charge < -0.3 is 70.5 Å². The van der Waals surface area contributed by atoms with E-state index in [1.165, 1.54) is 70.8 Å². The normalized spacial score (nSPS) is 25.6. The molecule has 0 saturated carbocycles. The molecule has 0 aromatic carbocycles. The topological polar surface area (TPSA) is 321 Å². The predicted octanol–water partition coefficient (Wildman–Crippen LogP) is 3.31. The van der Waals surface area contributed by atoms with E-state index in [4.69, 9.17) is 4.74 Å². The summed E-state index contributed by atoms with van der Waals surface area (Å²) >= 11 is 0. The van der Waals surface area contributed by atoms with Gasteiger partial charge in [-0.3, -0.25) is 47.9 Å². The highest BCUT2D eigenvalue weighted by Crippen LogP contribution is 2.25. The number of carbonyl (C=O) groups is 11. The van der Waals surface area contributed by atoms with E-state index in [1.54, 1.807) is 60.0 Å². The third-order valence-electron chi connectivity index (χ3n) is 17.3. The summed E-state index contributed by atoms with van der Waals surface area (Å²) in [4.78, 5) is 175. The van der Waals surface area contributed by atoms with Crippen molar-refractivity contribution < 1.29 is 67.7 Å². The molecule has 0 spiro atoms. The second-order valence-corrected chi connectivity index (χ2v) is 28.9. The van der Waals surface area contributed by atoms with Gasteiger partial charge in [0.2, 0.25) is 53.2 Å². The second kappa shape index (κ2) is 38.0. The second-order valence-electron chi connectivity index (χ2n) is 28.9. The van der Waals surface area contributed by atoms with Crippen molar-refractivity contribution in [3.05, 3.63) is 24.4 Å². The van der Waals surface area contributed by atoms with Crippen molar-refractivity contribution in [2.75, 3.05) is 67.3 Å². The molecule has 0 bridgehead atoms. The molecular formula is C68H118N12O14. The van der Waals surface area contributed by atoms with Crippen molar-refractivity contribution in [3.8, 4) is 0 Å². The van der Waals surface area contributed by atoms with E-state index in [1.807, 2.05) is 80.2 Å². The maximum Gasteiger partial charge on any atom is 0.329 e. The minimum Gasteiger partial charge on any atom is -0.450 e. The van der Waals surface area contributed by atoms with E-state index in [9.17, 15) is 48.6 Å². The molecule has 1 fully saturated rings. The highest BCUT2D eigenvalue weighted by atomic mass is 16.6. The van der Waals surface area contributed by atoms with Crippen LogP contribution in [0.4, 0.5) is 5.82 Å². The Balaban J connectivity index is 3.04. The quantitative estimate of drug-likeness (QED) is 0.108. The number of aromatic nitrogens is 1. The third-order valence-corrected chi connectivity index (χ3v) is 17.3. The fraction of sp³-hybridized carbons (Fsp3) is 0.765. The SMILES string of the molecule is CC(C)C[C@@H]1NC(=O)[C@H](CC(C)C)N(C)C(=O)CN(C)C(=O)[C@H](C(C)O)NC(=O)[C@H](C(O)[C@H](C)CCN(C)c2ccccn2)N(C)C(=O)[C@H](C(C)C)N(C)C(=O)[C@@H](CC(C)C)NC(=O)[C@H](CC(C)C)N(C)C(=O)[C@@H](C(C)C)OC(=O)[C@H](C)NC(=O)[C@H](CC(C)C)N(C)C1=O. The Kier molecular flexibility index (Phi) is 33.6. The van der Waals surface area contributed by atoms with Crippen LogP contribution in [0.1, 0.15) is 156 Å². The van der Waals surface area contributed by atoms with Crippen LogP contribution in [0.3, 0.4) is 0 Å². The lowest BCUT2D eigenvalue weighted by Gasteiger charge is -2.40. The van der Waals surface area contributed by atoms with Crippen molar-refractivity contribution in [3.63, 3.8) is 0 Å². The van der Waals surface area contributed by atoms with Gasteiger partial charge in [0.1, 0.15) is 60.2 Å². The molecule has 10 amide bonds. The van der Waals surface area contributed by atoms with Crippen molar-refractivity contribution >= 4 is 70.9 Å². The standard InChI is InChI=1S/C68H118N12O14/c1-37(2)31-47-63(88)77(21)50(34-40(7)8)59(84)70-45(16)68(93)94-58(43(13)14)67(92)78(22)51(35-41(9)10)61(86)72-48(32-38(3)4)64(89)79(23)55(42(11)12)66(91)80(24)56(57(83)44(15)28-30-74(18)52-27-25-26-29-69-52)62(87)73-54(46(17)81)65(90)75(19)36-53(82)76(20)49(33-39(5)6)60(85)71-47/h25-27,29,37-51,54-58,81,83H,28,30-36H2,1-24H3,(H,70,84)(H,71,85)(H,72,86)(H,73,87)/t44-,45+,46?,47+,48-,49+,50+,51+,54+,55+,56+,57?,58-/m1/s1. The lowest BCUT2D eigenvalue weighted by molar-refractivity contribution is -0.166. The summed E-state index contributed by atoms with van der Waals surface area (Å²) in [6, 6.07) is -7.03. The zero-order chi connectivity index (χ0) is 72.2. The minimum absolute atomic E-state index is 0.0685. The lowest BCUT2D eigenvalue weighted by atomic mass is 9.91. The number of hydrogen-bond donors (Lipinski definition) is 6. The molecule has 2 heterocycles. The van der Waals surface area contributed by atoms with E-state index in [0.29, 0.717) is 12.4 Å². The molecule has 1 saturated heterocycles. The average molecular weight is 1330 g/mol. The van der Waals surface area contributed by atoms with Crippen LogP contribution in [0.15, 0.2) is 24.4 Å². The number of amides is 10. The first-order valence-corrected chi connectivity index (χ1v) is 33.5. The Bertz CT molecular complexity index is 2690. The van der Waals surface area contributed by atoms with E-state index < -0.39 is 162 Å². The number of pyridine rings is 1. The Morgan fingerprint density at radius 1 is 0.521 bits per heavy atom. The molecule has 534 valence electrons. The van der Waals surface area contributed by atoms with Gasteiger partial charge in [-0.15, -0.1) is 0 Å². The van der Waals surface area contributed by atoms with Crippen LogP contribution in [0, 0.1) is 47.3 Å². The van der Waals surface area contributed by atoms with Gasteiger partial charge in [-0.25, -0.2) is 9.78 Å². The zero-order valence-electron chi connectivity index (χ0n) is 60.9. The number of carbonyl (C=O) groups excluding carboxylic acids is 11. The molecule has 1 aliphatic heterocycles. The molecule has 26 heteroatoms. The van der Waals surface area contributed by atoms with Gasteiger partial charge in [0, 0.05) is 62.1 Å². The molecular weight excluding hydrogens is 1210 g/mol. The van der Waals surface area contributed by atoms with Crippen LogP contribution in [-0.4, -0.2) is 245 Å². The Morgan fingerprint density at radius 3 is 1.38 bits per heavy atom. The van der Waals surface area contributed by atoms with Crippen LogP contribution in [0.5, 0.6) is 0 Å². The van der Waals surface area contributed by atoms with Gasteiger partial charge in [0.05, 0.1) is 18.8 Å². The van der Waals surface area contributed by atoms with Crippen LogP contribution in [-0.2, 0) is 57.5 Å². The lowest BCUT2D eigenvalue weighted by Crippen LogP contribution is -2.64. The van der Waals surface area contributed by atoms with Crippen molar-refractivity contribution in [1.29, 1.82) is 0 Å². The van der Waals surface area contributed by atoms with Gasteiger partial charge in [-0.1, -0.05) is 110 Å². The summed E-state index contributed by atoms with van der Waals surface area (Å²) < 4.78 is 5.91. The van der Waals surface area contributed by atoms with Crippen LogP contribution in [0.2, 0.25) is 0 Å². The molecule has 6 N–H and O–H groups in total. The Hall–Kier alpha value is -6.96. The number of anilines is 1. The number of hydrogen-bond acceptors (Lipinski definition) is 16. The first kappa shape index (κ1) is 83.1. The van der Waals surface area contributed by atoms with E-state index in [-0.39, 0.29) is 68.1 Å².